The fourth-order valence-corrected chi connectivity index (χ4v) is 5.99. The molecular formula is C21H17N9O4S4. The van der Waals surface area contributed by atoms with Crippen LogP contribution in [0.2, 0.25) is 0 Å². The maximum absolute atomic E-state index is 12.3. The van der Waals surface area contributed by atoms with Gasteiger partial charge < -0.3 is 31.6 Å². The maximum Gasteiger partial charge on any atom is 0.234 e. The normalized spacial score (nSPS) is 11.1. The minimum atomic E-state index is -0.279. The van der Waals surface area contributed by atoms with Gasteiger partial charge in [0.15, 0.2) is 14.3 Å². The number of fused-ring (bicyclic) bond motifs is 1. The first-order valence-electron chi connectivity index (χ1n) is 10.6. The Morgan fingerprint density at radius 1 is 0.868 bits per heavy atom. The molecule has 17 heteroatoms. The van der Waals surface area contributed by atoms with Crippen LogP contribution in [0.25, 0.3) is 22.6 Å². The van der Waals surface area contributed by atoms with Crippen molar-refractivity contribution in [2.75, 3.05) is 33.6 Å². The standard InChI is InChI=1S/C21H17N9O4S4/c22-18-27-29-20(37-18)35-7-15(32)24-9-2-4-14-12(5-9)26-17(34-14)11-3-1-10(6-13(11)31)25-16(33)8-36-21-30-28-19(23)38-21/h1-6,31H,7-8H2,(H2,22,27)(H2,23,28)(H,24,32)(H,25,33). The zero-order valence-electron chi connectivity index (χ0n) is 19.1. The number of nitrogens with one attached hydrogen (secondary N) is 2. The number of rotatable bonds is 9. The summed E-state index contributed by atoms with van der Waals surface area (Å²) < 4.78 is 6.99. The highest BCUT2D eigenvalue weighted by Crippen LogP contribution is 2.34. The molecule has 0 aliphatic heterocycles. The van der Waals surface area contributed by atoms with Crippen molar-refractivity contribution in [2.45, 2.75) is 8.68 Å². The predicted octanol–water partition coefficient (Wildman–Crippen LogP) is 3.53. The van der Waals surface area contributed by atoms with E-state index in [2.05, 4.69) is 36.0 Å². The van der Waals surface area contributed by atoms with Gasteiger partial charge in [-0.1, -0.05) is 46.2 Å². The third-order valence-electron chi connectivity index (χ3n) is 4.68. The molecule has 0 bridgehead atoms. The number of hydrogen-bond donors (Lipinski definition) is 5. The molecule has 0 unspecified atom stereocenters. The van der Waals surface area contributed by atoms with E-state index in [1.165, 1.54) is 52.3 Å². The monoisotopic (exact) mass is 587 g/mol. The van der Waals surface area contributed by atoms with Crippen LogP contribution in [-0.2, 0) is 9.59 Å². The average molecular weight is 588 g/mol. The number of carbonyl (C=O) groups excluding carboxylic acids is 2. The lowest BCUT2D eigenvalue weighted by Crippen LogP contribution is -2.13. The summed E-state index contributed by atoms with van der Waals surface area (Å²) in [5.74, 6) is -0.194. The van der Waals surface area contributed by atoms with Crippen molar-refractivity contribution in [3.05, 3.63) is 36.4 Å². The number of aromatic hydroxyl groups is 1. The summed E-state index contributed by atoms with van der Waals surface area (Å²) in [6.45, 7) is 0. The minimum Gasteiger partial charge on any atom is -0.507 e. The summed E-state index contributed by atoms with van der Waals surface area (Å²) >= 11 is 4.86. The van der Waals surface area contributed by atoms with Crippen molar-refractivity contribution in [1.29, 1.82) is 0 Å². The van der Waals surface area contributed by atoms with Crippen LogP contribution in [0.5, 0.6) is 5.75 Å². The highest BCUT2D eigenvalue weighted by atomic mass is 32.2. The molecule has 5 aromatic rings. The summed E-state index contributed by atoms with van der Waals surface area (Å²) in [6, 6.07) is 9.66. The lowest BCUT2D eigenvalue weighted by Gasteiger charge is -2.06. The van der Waals surface area contributed by atoms with Gasteiger partial charge in [-0.05, 0) is 30.3 Å². The van der Waals surface area contributed by atoms with Gasteiger partial charge in [0.2, 0.25) is 28.0 Å². The number of anilines is 4. The van der Waals surface area contributed by atoms with E-state index in [-0.39, 0.29) is 35.0 Å². The van der Waals surface area contributed by atoms with Gasteiger partial charge in [-0.2, -0.15) is 0 Å². The van der Waals surface area contributed by atoms with Gasteiger partial charge in [0.25, 0.3) is 0 Å². The summed E-state index contributed by atoms with van der Waals surface area (Å²) in [6.07, 6.45) is 0. The molecule has 3 heterocycles. The molecule has 0 aliphatic rings. The Balaban J connectivity index is 1.21. The lowest BCUT2D eigenvalue weighted by molar-refractivity contribution is -0.114. The van der Waals surface area contributed by atoms with Gasteiger partial charge in [0, 0.05) is 17.4 Å². The number of amides is 2. The summed E-state index contributed by atoms with van der Waals surface area (Å²) in [7, 11) is 0. The number of phenols is 1. The molecular weight excluding hydrogens is 571 g/mol. The molecule has 13 nitrogen and oxygen atoms in total. The molecule has 5 rings (SSSR count). The van der Waals surface area contributed by atoms with Gasteiger partial charge in [0.1, 0.15) is 11.3 Å². The van der Waals surface area contributed by atoms with E-state index in [9.17, 15) is 14.7 Å². The first-order chi connectivity index (χ1) is 18.3. The molecule has 2 amide bonds. The molecule has 0 radical (unpaired) electrons. The molecule has 0 aliphatic carbocycles. The zero-order valence-corrected chi connectivity index (χ0v) is 22.3. The van der Waals surface area contributed by atoms with E-state index in [0.29, 0.717) is 47.0 Å². The molecule has 38 heavy (non-hydrogen) atoms. The van der Waals surface area contributed by atoms with Crippen LogP contribution >= 0.6 is 46.2 Å². The van der Waals surface area contributed by atoms with Crippen molar-refractivity contribution >= 4 is 90.7 Å². The second kappa shape index (κ2) is 11.2. The van der Waals surface area contributed by atoms with Gasteiger partial charge in [-0.15, -0.1) is 20.4 Å². The second-order valence-electron chi connectivity index (χ2n) is 7.42. The Kier molecular flexibility index (Phi) is 7.59. The van der Waals surface area contributed by atoms with Crippen LogP contribution in [0.1, 0.15) is 0 Å². The van der Waals surface area contributed by atoms with Crippen LogP contribution in [0.3, 0.4) is 0 Å². The molecule has 2 aromatic carbocycles. The quantitative estimate of drug-likeness (QED) is 0.157. The summed E-state index contributed by atoms with van der Waals surface area (Å²) in [5, 5.41) is 31.9. The fraction of sp³-hybridized carbons (Fsp3) is 0.0952. The molecule has 0 fully saturated rings. The van der Waals surface area contributed by atoms with Crippen LogP contribution in [0.4, 0.5) is 21.6 Å². The number of nitrogens with two attached hydrogens (primary N) is 2. The molecule has 0 spiro atoms. The number of thioether (sulfide) groups is 2. The number of aromatic nitrogens is 5. The number of nitrogen functional groups attached to an aromatic ring is 2. The first-order valence-corrected chi connectivity index (χ1v) is 14.2. The van der Waals surface area contributed by atoms with Gasteiger partial charge in [-0.25, -0.2) is 4.98 Å². The van der Waals surface area contributed by atoms with Crippen molar-refractivity contribution in [2.24, 2.45) is 0 Å². The van der Waals surface area contributed by atoms with E-state index < -0.39 is 0 Å². The largest absolute Gasteiger partial charge is 0.507 e. The smallest absolute Gasteiger partial charge is 0.234 e. The van der Waals surface area contributed by atoms with E-state index in [4.69, 9.17) is 15.9 Å². The number of benzene rings is 2. The molecule has 3 aromatic heterocycles. The molecule has 194 valence electrons. The highest BCUT2D eigenvalue weighted by molar-refractivity contribution is 8.02. The predicted molar refractivity (Wildman–Crippen MR) is 148 cm³/mol. The molecule has 0 saturated carbocycles. The van der Waals surface area contributed by atoms with E-state index in [1.807, 2.05) is 0 Å². The van der Waals surface area contributed by atoms with Crippen LogP contribution in [-0.4, -0.2) is 53.8 Å². The third kappa shape index (κ3) is 6.31. The second-order valence-corrected chi connectivity index (χ2v) is 11.9. The number of phenolic OH excluding ortho intramolecular Hbond substituents is 1. The first kappa shape index (κ1) is 25.7. The van der Waals surface area contributed by atoms with Gasteiger partial charge >= 0.3 is 0 Å². The number of nitrogens with zero attached hydrogens (tertiary/aromatic N) is 5. The van der Waals surface area contributed by atoms with Crippen molar-refractivity contribution in [3.8, 4) is 17.2 Å². The zero-order chi connectivity index (χ0) is 26.6. The average Bonchev–Trinajstić information content (AvgIpc) is 3.61. The van der Waals surface area contributed by atoms with E-state index in [0.717, 1.165) is 0 Å². The van der Waals surface area contributed by atoms with E-state index in [1.54, 1.807) is 30.3 Å². The van der Waals surface area contributed by atoms with Gasteiger partial charge in [-0.3, -0.25) is 9.59 Å². The Labute approximate surface area is 230 Å². The SMILES string of the molecule is Nc1nnc(SCC(=O)Nc2ccc(-c3nc4cc(NC(=O)CSc5nnc(N)s5)ccc4o3)c(O)c2)s1. The van der Waals surface area contributed by atoms with Crippen molar-refractivity contribution in [3.63, 3.8) is 0 Å². The Morgan fingerprint density at radius 3 is 2.00 bits per heavy atom. The number of hydrogen-bond acceptors (Lipinski definition) is 15. The van der Waals surface area contributed by atoms with Gasteiger partial charge in [0.05, 0.1) is 17.1 Å². The maximum atomic E-state index is 12.3. The van der Waals surface area contributed by atoms with Crippen LogP contribution in [0.15, 0.2) is 49.5 Å². The Morgan fingerprint density at radius 2 is 1.45 bits per heavy atom. The number of carbonyl (C=O) groups is 2. The highest BCUT2D eigenvalue weighted by Gasteiger charge is 2.15. The summed E-state index contributed by atoms with van der Waals surface area (Å²) in [5.41, 5.74) is 13.3. The van der Waals surface area contributed by atoms with Crippen molar-refractivity contribution in [1.82, 2.24) is 25.4 Å². The molecule has 0 saturated heterocycles. The molecule has 7 N–H and O–H groups in total. The molecule has 0 atom stereocenters. The number of oxazole rings is 1. The minimum absolute atomic E-state index is 0.108. The van der Waals surface area contributed by atoms with Crippen molar-refractivity contribution < 1.29 is 19.1 Å². The fourth-order valence-electron chi connectivity index (χ4n) is 3.12. The van der Waals surface area contributed by atoms with Crippen LogP contribution < -0.4 is 22.1 Å². The Bertz CT molecular complexity index is 1630. The van der Waals surface area contributed by atoms with Crippen LogP contribution in [0, 0.1) is 0 Å². The third-order valence-corrected chi connectivity index (χ3v) is 8.45. The van der Waals surface area contributed by atoms with E-state index >= 15 is 0 Å². The lowest BCUT2D eigenvalue weighted by atomic mass is 10.2. The summed E-state index contributed by atoms with van der Waals surface area (Å²) in [4.78, 5) is 29.0. The Hall–Kier alpha value is -3.93. The topological polar surface area (TPSA) is 208 Å².